The lowest BCUT2D eigenvalue weighted by molar-refractivity contribution is -0.185. The Balaban J connectivity index is 1.97. The van der Waals surface area contributed by atoms with E-state index in [-0.39, 0.29) is 30.3 Å². The van der Waals surface area contributed by atoms with E-state index >= 15 is 0 Å². The van der Waals surface area contributed by atoms with E-state index in [2.05, 4.69) is 10.6 Å². The van der Waals surface area contributed by atoms with Crippen LogP contribution in [0.2, 0.25) is 0 Å². The molecule has 240 valence electrons. The first-order chi connectivity index (χ1) is 20.4. The zero-order chi connectivity index (χ0) is 33.2. The highest BCUT2D eigenvalue weighted by Crippen LogP contribution is 2.53. The molecule has 0 radical (unpaired) electrons. The summed E-state index contributed by atoms with van der Waals surface area (Å²) in [5.74, 6) is -12.3. The van der Waals surface area contributed by atoms with Crippen LogP contribution < -0.4 is 21.3 Å². The number of carbonyl (C=O) groups is 6. The maximum Gasteiger partial charge on any atom is 0.238 e. The molecular formula is C30H42N6O8. The Morgan fingerprint density at radius 1 is 1.07 bits per heavy atom. The quantitative estimate of drug-likeness (QED) is 0.166. The number of anilines is 2. The minimum Gasteiger partial charge on any atom is -0.505 e. The number of hydrogen-bond acceptors (Lipinski definition) is 12. The number of carbonyl (C=O) groups excluding carboxylic acids is 6. The second-order valence-electron chi connectivity index (χ2n) is 13.0. The number of likely N-dealkylation sites (N-methyl/N-ethyl adjacent to an activating group) is 2. The highest BCUT2D eigenvalue weighted by molar-refractivity contribution is 6.32. The van der Waals surface area contributed by atoms with Gasteiger partial charge in [0.2, 0.25) is 11.8 Å². The van der Waals surface area contributed by atoms with Gasteiger partial charge in [0.1, 0.15) is 5.75 Å². The number of hydrogen-bond donors (Lipinski definition) is 5. The van der Waals surface area contributed by atoms with Crippen LogP contribution in [0.1, 0.15) is 29.8 Å². The molecule has 14 heteroatoms. The molecule has 6 N–H and O–H groups in total. The number of nitrogens with one attached hydrogen (secondary N) is 2. The highest BCUT2D eigenvalue weighted by Gasteiger charge is 2.72. The lowest BCUT2D eigenvalue weighted by atomic mass is 9.50. The van der Waals surface area contributed by atoms with Gasteiger partial charge in [-0.2, -0.15) is 0 Å². The van der Waals surface area contributed by atoms with Crippen molar-refractivity contribution in [1.82, 2.24) is 15.1 Å². The molecule has 3 aliphatic rings. The van der Waals surface area contributed by atoms with Gasteiger partial charge in [0, 0.05) is 37.8 Å². The zero-order valence-electron chi connectivity index (χ0n) is 26.3. The predicted octanol–water partition coefficient (Wildman–Crippen LogP) is -1.59. The van der Waals surface area contributed by atoms with Gasteiger partial charge in [-0.25, -0.2) is 0 Å². The number of amides is 2. The second kappa shape index (κ2) is 11.7. The van der Waals surface area contributed by atoms with Crippen molar-refractivity contribution in [3.05, 3.63) is 17.2 Å². The van der Waals surface area contributed by atoms with E-state index in [1.165, 1.54) is 19.0 Å². The normalized spacial score (nSPS) is 29.9. The van der Waals surface area contributed by atoms with Crippen molar-refractivity contribution >= 4 is 46.3 Å². The van der Waals surface area contributed by atoms with Gasteiger partial charge < -0.3 is 36.4 Å². The molecule has 4 rings (SSSR count). The van der Waals surface area contributed by atoms with Gasteiger partial charge in [-0.05, 0) is 52.2 Å². The van der Waals surface area contributed by atoms with Crippen LogP contribution in [0.25, 0.3) is 0 Å². The minimum atomic E-state index is -2.90. The molecule has 3 aliphatic carbocycles. The zero-order valence-corrected chi connectivity index (χ0v) is 26.3. The van der Waals surface area contributed by atoms with Crippen LogP contribution in [0, 0.1) is 23.7 Å². The number of primary amides is 1. The predicted molar refractivity (Wildman–Crippen MR) is 160 cm³/mol. The summed E-state index contributed by atoms with van der Waals surface area (Å²) in [6.07, 6.45) is 0.0588. The first kappa shape index (κ1) is 33.2. The van der Waals surface area contributed by atoms with Gasteiger partial charge in [0.25, 0.3) is 0 Å². The molecule has 1 aromatic carbocycles. The third kappa shape index (κ3) is 5.09. The largest absolute Gasteiger partial charge is 0.505 e. The van der Waals surface area contributed by atoms with Crippen LogP contribution in [0.15, 0.2) is 6.07 Å². The number of phenolic OH excluding ortho intramolecular Hbond substituents is 1. The monoisotopic (exact) mass is 614 g/mol. The summed E-state index contributed by atoms with van der Waals surface area (Å²) in [5.41, 5.74) is 3.23. The molecule has 0 bridgehead atoms. The van der Waals surface area contributed by atoms with Crippen molar-refractivity contribution < 1.29 is 39.0 Å². The van der Waals surface area contributed by atoms with E-state index in [0.717, 1.165) is 0 Å². The standard InChI is InChI=1S/C30H42N6O8/c1-12(2)32-22-14-9-13-16(35(5)6)10-15(33-17(37)11-34(3)4)24(38)18(13)25(39)19(14)27(41)30(44)21(22)23(36(7)8)26(40)20(28(30)42)29(31)43/h10,12,14,19-23,32,38,44H,9,11H2,1-8H3,(H2,31,43)(H,33,37)/t14-,19?,20?,21+,22+,23+,30+/m1/s1. The molecule has 44 heavy (non-hydrogen) atoms. The van der Waals surface area contributed by atoms with Gasteiger partial charge in [-0.1, -0.05) is 13.8 Å². The van der Waals surface area contributed by atoms with Crippen LogP contribution in [0.3, 0.4) is 0 Å². The van der Waals surface area contributed by atoms with Crippen molar-refractivity contribution in [3.63, 3.8) is 0 Å². The average Bonchev–Trinajstić information content (AvgIpc) is 2.88. The van der Waals surface area contributed by atoms with Crippen molar-refractivity contribution in [3.8, 4) is 5.75 Å². The van der Waals surface area contributed by atoms with E-state index in [1.54, 1.807) is 44.1 Å². The van der Waals surface area contributed by atoms with Gasteiger partial charge in [-0.3, -0.25) is 33.7 Å². The van der Waals surface area contributed by atoms with E-state index in [9.17, 15) is 39.0 Å². The third-order valence-corrected chi connectivity index (χ3v) is 8.91. The molecule has 0 aliphatic heterocycles. The van der Waals surface area contributed by atoms with Crippen LogP contribution in [0.4, 0.5) is 11.4 Å². The van der Waals surface area contributed by atoms with Crippen molar-refractivity contribution in [1.29, 1.82) is 0 Å². The van der Waals surface area contributed by atoms with E-state index in [4.69, 9.17) is 5.73 Å². The Morgan fingerprint density at radius 2 is 1.68 bits per heavy atom. The molecule has 0 spiro atoms. The van der Waals surface area contributed by atoms with Crippen molar-refractivity contribution in [2.45, 2.75) is 44.0 Å². The smallest absolute Gasteiger partial charge is 0.238 e. The number of benzene rings is 1. The number of phenols is 1. The molecule has 1 aromatic rings. The first-order valence-electron chi connectivity index (χ1n) is 14.5. The number of aromatic hydroxyl groups is 1. The maximum absolute atomic E-state index is 14.4. The van der Waals surface area contributed by atoms with Gasteiger partial charge in [-0.15, -0.1) is 0 Å². The third-order valence-electron chi connectivity index (χ3n) is 8.91. The maximum atomic E-state index is 14.4. The Hall–Kier alpha value is -3.72. The number of nitrogens with zero attached hydrogens (tertiary/aromatic N) is 3. The molecule has 7 atom stereocenters. The Kier molecular flexibility index (Phi) is 8.79. The Bertz CT molecular complexity index is 1440. The molecule has 2 saturated carbocycles. The second-order valence-corrected chi connectivity index (χ2v) is 13.0. The lowest BCUT2D eigenvalue weighted by Gasteiger charge is -2.57. The Morgan fingerprint density at radius 3 is 2.18 bits per heavy atom. The lowest BCUT2D eigenvalue weighted by Crippen LogP contribution is -2.79. The fourth-order valence-electron chi connectivity index (χ4n) is 7.28. The van der Waals surface area contributed by atoms with Crippen LogP contribution in [-0.4, -0.2) is 128 Å². The summed E-state index contributed by atoms with van der Waals surface area (Å²) in [6, 6.07) is -0.906. The number of rotatable bonds is 8. The molecule has 0 aromatic heterocycles. The molecule has 0 heterocycles. The summed E-state index contributed by atoms with van der Waals surface area (Å²) in [4.78, 5) is 85.9. The van der Waals surface area contributed by atoms with E-state index in [0.29, 0.717) is 11.3 Å². The van der Waals surface area contributed by atoms with E-state index < -0.39 is 82.1 Å². The van der Waals surface area contributed by atoms with Crippen molar-refractivity contribution in [2.24, 2.45) is 29.4 Å². The SMILES string of the molecule is CC(C)N[C@@H]1[C@H]2[C@H](N(C)C)C(=O)C(C(N)=O)C(=O)[C@@]2(O)C(=O)C2C(=O)c3c(O)c(NC(=O)CN(C)C)cc(N(C)C)c3C[C@H]21. The summed E-state index contributed by atoms with van der Waals surface area (Å²) in [6.45, 7) is 3.62. The Labute approximate surface area is 255 Å². The highest BCUT2D eigenvalue weighted by atomic mass is 16.3. The van der Waals surface area contributed by atoms with Crippen LogP contribution in [-0.2, 0) is 30.4 Å². The fraction of sp³-hybridized carbons (Fsp3) is 0.600. The van der Waals surface area contributed by atoms with Gasteiger partial charge >= 0.3 is 0 Å². The molecule has 2 amide bonds. The first-order valence-corrected chi connectivity index (χ1v) is 14.5. The summed E-state index contributed by atoms with van der Waals surface area (Å²) >= 11 is 0. The van der Waals surface area contributed by atoms with E-state index in [1.807, 2.05) is 13.8 Å². The summed E-state index contributed by atoms with van der Waals surface area (Å²) in [5, 5.41) is 29.4. The van der Waals surface area contributed by atoms with Gasteiger partial charge in [0.05, 0.1) is 29.8 Å². The topological polar surface area (TPSA) is 203 Å². The number of aliphatic hydroxyl groups is 1. The molecule has 14 nitrogen and oxygen atoms in total. The summed E-state index contributed by atoms with van der Waals surface area (Å²) in [7, 11) is 9.92. The summed E-state index contributed by atoms with van der Waals surface area (Å²) < 4.78 is 0. The minimum absolute atomic E-state index is 0.00315. The average molecular weight is 615 g/mol. The molecule has 2 fully saturated rings. The van der Waals surface area contributed by atoms with Crippen molar-refractivity contribution in [2.75, 3.05) is 59.0 Å². The molecule has 0 saturated heterocycles. The number of nitrogens with two attached hydrogens (primary N) is 1. The fourth-order valence-corrected chi connectivity index (χ4v) is 7.28. The van der Waals surface area contributed by atoms with Gasteiger partial charge in [0.15, 0.2) is 34.7 Å². The number of Topliss-reactive ketones (excluding diaryl/α,β-unsaturated/α-hetero) is 4. The number of fused-ring (bicyclic) bond motifs is 3. The number of ketones is 4. The van der Waals surface area contributed by atoms with Crippen LogP contribution >= 0.6 is 0 Å². The molecular weight excluding hydrogens is 572 g/mol. The molecule has 2 unspecified atom stereocenters. The van der Waals surface area contributed by atoms with Crippen LogP contribution in [0.5, 0.6) is 5.75 Å².